The van der Waals surface area contributed by atoms with Crippen LogP contribution in [0.3, 0.4) is 0 Å². The summed E-state index contributed by atoms with van der Waals surface area (Å²) in [6.07, 6.45) is -0.516. The van der Waals surface area contributed by atoms with Crippen LogP contribution in [0.2, 0.25) is 0 Å². The Morgan fingerprint density at radius 1 is 1.20 bits per heavy atom. The van der Waals surface area contributed by atoms with Crippen molar-refractivity contribution in [2.24, 2.45) is 11.1 Å². The molecule has 2 amide bonds. The second-order valence-corrected chi connectivity index (χ2v) is 4.65. The molecule has 0 aliphatic rings. The van der Waals surface area contributed by atoms with Gasteiger partial charge in [-0.3, -0.25) is 0 Å². The van der Waals surface area contributed by atoms with Crippen molar-refractivity contribution in [2.75, 3.05) is 26.4 Å². The summed E-state index contributed by atoms with van der Waals surface area (Å²) in [5.74, 6) is -0.565. The SMILES string of the molecule is C=CC(=O)OCCNC(=O)OCC(C)(C)COC(N)=O. The van der Waals surface area contributed by atoms with Gasteiger partial charge in [-0.25, -0.2) is 14.4 Å². The molecule has 114 valence electrons. The summed E-state index contributed by atoms with van der Waals surface area (Å²) >= 11 is 0. The van der Waals surface area contributed by atoms with E-state index < -0.39 is 23.6 Å². The number of carbonyl (C=O) groups excluding carboxylic acids is 3. The topological polar surface area (TPSA) is 117 Å². The Hall–Kier alpha value is -2.25. The average molecular weight is 288 g/mol. The van der Waals surface area contributed by atoms with Crippen LogP contribution < -0.4 is 11.1 Å². The molecule has 0 rings (SSSR count). The summed E-state index contributed by atoms with van der Waals surface area (Å²) in [5.41, 5.74) is 4.29. The maximum atomic E-state index is 11.3. The van der Waals surface area contributed by atoms with Gasteiger partial charge in [0.1, 0.15) is 19.8 Å². The zero-order valence-electron chi connectivity index (χ0n) is 11.6. The standard InChI is InChI=1S/C12H20N2O6/c1-4-9(15)18-6-5-14-11(17)20-8-12(2,3)7-19-10(13)16/h4H,1,5-8H2,2-3H3,(H2,13,16)(H,14,17). The lowest BCUT2D eigenvalue weighted by atomic mass is 9.96. The summed E-state index contributed by atoms with van der Waals surface area (Å²) in [5, 5.41) is 2.39. The van der Waals surface area contributed by atoms with Gasteiger partial charge in [0.25, 0.3) is 0 Å². The van der Waals surface area contributed by atoms with Crippen LogP contribution in [0.25, 0.3) is 0 Å². The van der Waals surface area contributed by atoms with Crippen molar-refractivity contribution in [3.63, 3.8) is 0 Å². The highest BCUT2D eigenvalue weighted by molar-refractivity contribution is 5.81. The number of carbonyl (C=O) groups is 3. The zero-order valence-corrected chi connectivity index (χ0v) is 11.6. The Balaban J connectivity index is 3.78. The molecular formula is C12H20N2O6. The molecule has 0 atom stereocenters. The second-order valence-electron chi connectivity index (χ2n) is 4.65. The first kappa shape index (κ1) is 17.8. The third-order valence-corrected chi connectivity index (χ3v) is 1.98. The monoisotopic (exact) mass is 288 g/mol. The number of primary amides is 1. The molecule has 0 aliphatic heterocycles. The minimum atomic E-state index is -0.883. The maximum Gasteiger partial charge on any atom is 0.407 e. The van der Waals surface area contributed by atoms with E-state index >= 15 is 0 Å². The van der Waals surface area contributed by atoms with Crippen LogP contribution in [0.15, 0.2) is 12.7 Å². The fourth-order valence-electron chi connectivity index (χ4n) is 0.984. The molecule has 0 aromatic carbocycles. The minimum Gasteiger partial charge on any atom is -0.461 e. The molecule has 0 fully saturated rings. The van der Waals surface area contributed by atoms with Crippen LogP contribution in [0, 0.1) is 5.41 Å². The fraction of sp³-hybridized carbons (Fsp3) is 0.583. The van der Waals surface area contributed by atoms with Gasteiger partial charge in [-0.05, 0) is 0 Å². The van der Waals surface area contributed by atoms with Gasteiger partial charge in [0.15, 0.2) is 0 Å². The Morgan fingerprint density at radius 2 is 1.80 bits per heavy atom. The van der Waals surface area contributed by atoms with Crippen molar-refractivity contribution < 1.29 is 28.6 Å². The van der Waals surface area contributed by atoms with Gasteiger partial charge >= 0.3 is 18.2 Å². The predicted octanol–water partition coefficient (Wildman–Crippen LogP) is 0.563. The van der Waals surface area contributed by atoms with E-state index in [0.717, 1.165) is 6.08 Å². The molecule has 0 saturated carbocycles. The highest BCUT2D eigenvalue weighted by atomic mass is 16.6. The molecule has 0 aliphatic carbocycles. The third kappa shape index (κ3) is 9.75. The number of amides is 2. The molecule has 0 saturated heterocycles. The summed E-state index contributed by atoms with van der Waals surface area (Å²) in [7, 11) is 0. The molecule has 0 unspecified atom stereocenters. The van der Waals surface area contributed by atoms with Gasteiger partial charge in [0.05, 0.1) is 6.54 Å². The molecule has 8 heteroatoms. The van der Waals surface area contributed by atoms with E-state index in [9.17, 15) is 14.4 Å². The summed E-state index contributed by atoms with van der Waals surface area (Å²) in [6.45, 7) is 6.94. The van der Waals surface area contributed by atoms with Crippen LogP contribution in [0.5, 0.6) is 0 Å². The fourth-order valence-corrected chi connectivity index (χ4v) is 0.984. The molecular weight excluding hydrogens is 268 g/mol. The third-order valence-electron chi connectivity index (χ3n) is 1.98. The number of rotatable bonds is 8. The van der Waals surface area contributed by atoms with Gasteiger partial charge < -0.3 is 25.3 Å². The van der Waals surface area contributed by atoms with E-state index in [0.29, 0.717) is 0 Å². The van der Waals surface area contributed by atoms with Gasteiger partial charge in [0.2, 0.25) is 0 Å². The van der Waals surface area contributed by atoms with E-state index in [1.807, 2.05) is 0 Å². The zero-order chi connectivity index (χ0) is 15.6. The van der Waals surface area contributed by atoms with Gasteiger partial charge in [-0.1, -0.05) is 20.4 Å². The highest BCUT2D eigenvalue weighted by Gasteiger charge is 2.22. The second kappa shape index (κ2) is 8.78. The molecule has 3 N–H and O–H groups in total. The normalized spacial score (nSPS) is 10.3. The van der Waals surface area contributed by atoms with Crippen LogP contribution >= 0.6 is 0 Å². The summed E-state index contributed by atoms with van der Waals surface area (Å²) in [6, 6.07) is 0. The van der Waals surface area contributed by atoms with E-state index in [1.54, 1.807) is 13.8 Å². The van der Waals surface area contributed by atoms with Crippen LogP contribution in [-0.4, -0.2) is 44.5 Å². The van der Waals surface area contributed by atoms with E-state index in [1.165, 1.54) is 0 Å². The van der Waals surface area contributed by atoms with Crippen LogP contribution in [0.1, 0.15) is 13.8 Å². The number of alkyl carbamates (subject to hydrolysis) is 1. The van der Waals surface area contributed by atoms with E-state index in [-0.39, 0.29) is 26.4 Å². The number of hydrogen-bond donors (Lipinski definition) is 2. The molecule has 0 spiro atoms. The number of esters is 1. The highest BCUT2D eigenvalue weighted by Crippen LogP contribution is 2.15. The lowest BCUT2D eigenvalue weighted by Gasteiger charge is -2.23. The Kier molecular flexibility index (Phi) is 7.80. The first-order valence-corrected chi connectivity index (χ1v) is 5.89. The lowest BCUT2D eigenvalue weighted by molar-refractivity contribution is -0.137. The quantitative estimate of drug-likeness (QED) is 0.292. The number of ether oxygens (including phenoxy) is 3. The molecule has 20 heavy (non-hydrogen) atoms. The van der Waals surface area contributed by atoms with E-state index in [4.69, 9.17) is 10.5 Å². The van der Waals surface area contributed by atoms with Crippen molar-refractivity contribution >= 4 is 18.2 Å². The van der Waals surface area contributed by atoms with Crippen molar-refractivity contribution in [2.45, 2.75) is 13.8 Å². The van der Waals surface area contributed by atoms with Gasteiger partial charge in [-0.15, -0.1) is 0 Å². The molecule has 0 heterocycles. The number of hydrogen-bond acceptors (Lipinski definition) is 6. The smallest absolute Gasteiger partial charge is 0.407 e. The van der Waals surface area contributed by atoms with Crippen LogP contribution in [-0.2, 0) is 19.0 Å². The molecule has 8 nitrogen and oxygen atoms in total. The van der Waals surface area contributed by atoms with Crippen LogP contribution in [0.4, 0.5) is 9.59 Å². The Morgan fingerprint density at radius 3 is 2.35 bits per heavy atom. The molecule has 0 radical (unpaired) electrons. The van der Waals surface area contributed by atoms with Crippen molar-refractivity contribution in [1.29, 1.82) is 0 Å². The lowest BCUT2D eigenvalue weighted by Crippen LogP contribution is -2.34. The first-order valence-electron chi connectivity index (χ1n) is 5.89. The maximum absolute atomic E-state index is 11.3. The Labute approximate surface area is 117 Å². The molecule has 0 aromatic rings. The minimum absolute atomic E-state index is 0.0220. The summed E-state index contributed by atoms with van der Waals surface area (Å²) in [4.78, 5) is 32.5. The van der Waals surface area contributed by atoms with Crippen molar-refractivity contribution in [1.82, 2.24) is 5.32 Å². The number of nitrogens with one attached hydrogen (secondary N) is 1. The van der Waals surface area contributed by atoms with Gasteiger partial charge in [0, 0.05) is 11.5 Å². The average Bonchev–Trinajstić information content (AvgIpc) is 2.39. The molecule has 0 bridgehead atoms. The van der Waals surface area contributed by atoms with Crippen molar-refractivity contribution in [3.8, 4) is 0 Å². The van der Waals surface area contributed by atoms with Gasteiger partial charge in [-0.2, -0.15) is 0 Å². The first-order chi connectivity index (χ1) is 9.26. The molecule has 0 aromatic heterocycles. The number of nitrogens with two attached hydrogens (primary N) is 1. The Bertz CT molecular complexity index is 367. The van der Waals surface area contributed by atoms with Crippen molar-refractivity contribution in [3.05, 3.63) is 12.7 Å². The largest absolute Gasteiger partial charge is 0.461 e. The predicted molar refractivity (Wildman–Crippen MR) is 69.8 cm³/mol. The van der Waals surface area contributed by atoms with E-state index in [2.05, 4.69) is 21.4 Å². The summed E-state index contributed by atoms with van der Waals surface area (Å²) < 4.78 is 14.2.